The lowest BCUT2D eigenvalue weighted by molar-refractivity contribution is -0.137. The molecule has 1 amide bonds. The lowest BCUT2D eigenvalue weighted by Crippen LogP contribution is -2.50. The third-order valence-corrected chi connectivity index (χ3v) is 6.46. The molecule has 0 spiro atoms. The highest BCUT2D eigenvalue weighted by molar-refractivity contribution is 5.94. The number of nitrogens with zero attached hydrogens (tertiary/aromatic N) is 4. The predicted molar refractivity (Wildman–Crippen MR) is 137 cm³/mol. The number of halogens is 4. The fraction of sp³-hybridized carbons (Fsp3) is 0.269. The third kappa shape index (κ3) is 5.78. The Hall–Kier alpha value is -4.23. The van der Waals surface area contributed by atoms with E-state index in [9.17, 15) is 22.4 Å². The van der Waals surface area contributed by atoms with Crippen LogP contribution in [0.5, 0.6) is 11.5 Å². The van der Waals surface area contributed by atoms with Crippen LogP contribution in [0.3, 0.4) is 0 Å². The van der Waals surface area contributed by atoms with Gasteiger partial charge in [-0.3, -0.25) is 10.6 Å². The van der Waals surface area contributed by atoms with E-state index in [1.54, 1.807) is 41.9 Å². The number of amides is 1. The number of benzene rings is 2. The molecule has 39 heavy (non-hydrogen) atoms. The summed E-state index contributed by atoms with van der Waals surface area (Å²) >= 11 is 0. The van der Waals surface area contributed by atoms with Crippen molar-refractivity contribution < 1.29 is 27.1 Å². The van der Waals surface area contributed by atoms with Gasteiger partial charge in [0.2, 0.25) is 11.9 Å². The number of hydrogen-bond acceptors (Lipinski definition) is 7. The van der Waals surface area contributed by atoms with E-state index in [1.165, 1.54) is 11.2 Å². The third-order valence-electron chi connectivity index (χ3n) is 6.46. The molecule has 5 rings (SSSR count). The number of carbonyl (C=O) groups is 1. The second-order valence-electron chi connectivity index (χ2n) is 9.18. The van der Waals surface area contributed by atoms with Crippen LogP contribution >= 0.6 is 0 Å². The van der Waals surface area contributed by atoms with Crippen LogP contribution in [-0.4, -0.2) is 38.0 Å². The Morgan fingerprint density at radius 3 is 2.67 bits per heavy atom. The summed E-state index contributed by atoms with van der Waals surface area (Å²) in [7, 11) is 1.65. The van der Waals surface area contributed by atoms with Gasteiger partial charge in [-0.1, -0.05) is 0 Å². The van der Waals surface area contributed by atoms with E-state index in [2.05, 4.69) is 20.6 Å². The fourth-order valence-corrected chi connectivity index (χ4v) is 4.40. The zero-order valence-corrected chi connectivity index (χ0v) is 20.8. The monoisotopic (exact) mass is 543 g/mol. The number of fused-ring (bicyclic) bond motifs is 1. The normalized spacial score (nSPS) is 16.3. The maximum atomic E-state index is 14.2. The van der Waals surface area contributed by atoms with Crippen LogP contribution in [0.15, 0.2) is 54.7 Å². The SMILES string of the molecule is Cn1c(Nc2cc(C(F)(F)F)ccc2F)nc2cc(Oc3ccnc(NC(=O)[C@@H]4CCCCN4N)c3)ccc21. The standard InChI is InChI=1S/C26H25F4N7O2/c1-36-21-8-6-16(13-20(21)34-25(36)33-19-12-15(26(28,29)30)5-7-18(19)27)39-17-9-10-32-23(14-17)35-24(38)22-4-2-3-11-37(22)31/h5-10,12-14,22H,2-4,11,31H2,1H3,(H,33,34)(H,32,35,38)/t22-/m0/s1. The predicted octanol–water partition coefficient (Wildman–Crippen LogP) is 5.33. The van der Waals surface area contributed by atoms with Gasteiger partial charge in [-0.2, -0.15) is 13.2 Å². The summed E-state index contributed by atoms with van der Waals surface area (Å²) < 4.78 is 61.0. The molecule has 0 saturated carbocycles. The minimum atomic E-state index is -4.61. The summed E-state index contributed by atoms with van der Waals surface area (Å²) in [4.78, 5) is 21.2. The number of anilines is 3. The van der Waals surface area contributed by atoms with Gasteiger partial charge in [0.05, 0.1) is 22.3 Å². The Kier molecular flexibility index (Phi) is 7.10. The van der Waals surface area contributed by atoms with Gasteiger partial charge < -0.3 is 19.9 Å². The van der Waals surface area contributed by atoms with Crippen molar-refractivity contribution in [2.75, 3.05) is 17.2 Å². The van der Waals surface area contributed by atoms with Crippen LogP contribution in [0.1, 0.15) is 24.8 Å². The Labute approximate surface area is 220 Å². The zero-order valence-electron chi connectivity index (χ0n) is 20.8. The van der Waals surface area contributed by atoms with E-state index in [0.29, 0.717) is 53.4 Å². The Balaban J connectivity index is 1.33. The molecule has 4 N–H and O–H groups in total. The van der Waals surface area contributed by atoms with E-state index < -0.39 is 23.6 Å². The molecule has 13 heteroatoms. The summed E-state index contributed by atoms with van der Waals surface area (Å²) in [5.74, 6) is 6.15. The second-order valence-corrected chi connectivity index (χ2v) is 9.18. The van der Waals surface area contributed by atoms with E-state index in [4.69, 9.17) is 10.6 Å². The van der Waals surface area contributed by atoms with Crippen LogP contribution in [0, 0.1) is 5.82 Å². The largest absolute Gasteiger partial charge is 0.457 e. The van der Waals surface area contributed by atoms with E-state index in [-0.39, 0.29) is 17.5 Å². The van der Waals surface area contributed by atoms with Crippen molar-refractivity contribution in [3.8, 4) is 11.5 Å². The van der Waals surface area contributed by atoms with Gasteiger partial charge in [-0.15, -0.1) is 0 Å². The number of pyridine rings is 1. The fourth-order valence-electron chi connectivity index (χ4n) is 4.40. The van der Waals surface area contributed by atoms with Crippen LogP contribution in [0.25, 0.3) is 11.0 Å². The molecule has 1 atom stereocenters. The number of ether oxygens (including phenoxy) is 1. The summed E-state index contributed by atoms with van der Waals surface area (Å²) in [6.45, 7) is 0.650. The van der Waals surface area contributed by atoms with Gasteiger partial charge in [0.25, 0.3) is 0 Å². The molecule has 0 aliphatic carbocycles. The van der Waals surface area contributed by atoms with Crippen molar-refractivity contribution in [2.24, 2.45) is 12.9 Å². The van der Waals surface area contributed by atoms with Crippen LogP contribution in [0.2, 0.25) is 0 Å². The van der Waals surface area contributed by atoms with Crippen molar-refractivity contribution in [1.82, 2.24) is 19.5 Å². The zero-order chi connectivity index (χ0) is 27.7. The highest BCUT2D eigenvalue weighted by Gasteiger charge is 2.31. The number of alkyl halides is 3. The summed E-state index contributed by atoms with van der Waals surface area (Å²) in [5, 5.41) is 6.95. The Morgan fingerprint density at radius 1 is 1.10 bits per heavy atom. The first-order valence-electron chi connectivity index (χ1n) is 12.1. The molecule has 0 bridgehead atoms. The average Bonchev–Trinajstić information content (AvgIpc) is 3.19. The molecule has 2 aromatic carbocycles. The van der Waals surface area contributed by atoms with Crippen molar-refractivity contribution in [3.05, 3.63) is 66.1 Å². The molecule has 4 aromatic rings. The number of hydrazine groups is 1. The number of aryl methyl sites for hydroxylation is 1. The van der Waals surface area contributed by atoms with Gasteiger partial charge in [0, 0.05) is 31.9 Å². The molecule has 0 radical (unpaired) electrons. The number of nitrogens with one attached hydrogen (secondary N) is 2. The minimum absolute atomic E-state index is 0.144. The molecule has 2 aromatic heterocycles. The van der Waals surface area contributed by atoms with E-state index in [0.717, 1.165) is 18.9 Å². The van der Waals surface area contributed by atoms with Gasteiger partial charge in [0.15, 0.2) is 0 Å². The molecular formula is C26H25F4N7O2. The van der Waals surface area contributed by atoms with Crippen molar-refractivity contribution in [3.63, 3.8) is 0 Å². The number of hydrogen-bond donors (Lipinski definition) is 3. The molecule has 1 aliphatic heterocycles. The minimum Gasteiger partial charge on any atom is -0.457 e. The molecule has 1 fully saturated rings. The molecular weight excluding hydrogens is 518 g/mol. The van der Waals surface area contributed by atoms with Crippen LogP contribution in [0.4, 0.5) is 35.0 Å². The Bertz CT molecular complexity index is 1520. The topological polar surface area (TPSA) is 110 Å². The van der Waals surface area contributed by atoms with Gasteiger partial charge >= 0.3 is 6.18 Å². The highest BCUT2D eigenvalue weighted by atomic mass is 19.4. The lowest BCUT2D eigenvalue weighted by Gasteiger charge is -2.30. The number of nitrogens with two attached hydrogens (primary N) is 1. The molecule has 0 unspecified atom stereocenters. The quantitative estimate of drug-likeness (QED) is 0.223. The van der Waals surface area contributed by atoms with Gasteiger partial charge in [-0.05, 0) is 55.7 Å². The van der Waals surface area contributed by atoms with Crippen molar-refractivity contribution in [1.29, 1.82) is 0 Å². The lowest BCUT2D eigenvalue weighted by atomic mass is 10.0. The first-order valence-corrected chi connectivity index (χ1v) is 12.1. The smallest absolute Gasteiger partial charge is 0.416 e. The van der Waals surface area contributed by atoms with Crippen LogP contribution in [-0.2, 0) is 18.0 Å². The maximum absolute atomic E-state index is 14.2. The van der Waals surface area contributed by atoms with E-state index >= 15 is 0 Å². The molecule has 9 nitrogen and oxygen atoms in total. The first kappa shape index (κ1) is 26.4. The first-order chi connectivity index (χ1) is 18.6. The maximum Gasteiger partial charge on any atom is 0.416 e. The molecule has 204 valence electrons. The summed E-state index contributed by atoms with van der Waals surface area (Å²) in [5.41, 5.74) is -0.226. The number of aromatic nitrogens is 3. The summed E-state index contributed by atoms with van der Waals surface area (Å²) in [6.07, 6.45) is -0.581. The van der Waals surface area contributed by atoms with Crippen molar-refractivity contribution in [2.45, 2.75) is 31.5 Å². The Morgan fingerprint density at radius 2 is 1.90 bits per heavy atom. The highest BCUT2D eigenvalue weighted by Crippen LogP contribution is 2.34. The number of carbonyl (C=O) groups excluding carboxylic acids is 1. The molecule has 1 saturated heterocycles. The number of rotatable bonds is 6. The van der Waals surface area contributed by atoms with Gasteiger partial charge in [-0.25, -0.2) is 19.4 Å². The van der Waals surface area contributed by atoms with E-state index in [1.807, 2.05) is 0 Å². The molecule has 1 aliphatic rings. The number of piperidine rings is 1. The average molecular weight is 544 g/mol. The van der Waals surface area contributed by atoms with Crippen molar-refractivity contribution >= 4 is 34.4 Å². The molecule has 3 heterocycles. The van der Waals surface area contributed by atoms with Gasteiger partial charge in [0.1, 0.15) is 29.2 Å². The van der Waals surface area contributed by atoms with Crippen LogP contribution < -0.4 is 21.2 Å². The number of imidazole rings is 1. The summed E-state index contributed by atoms with van der Waals surface area (Å²) in [6, 6.07) is 9.94. The second kappa shape index (κ2) is 10.5.